The molecule has 0 aromatic heterocycles. The Balaban J connectivity index is 1.47. The first kappa shape index (κ1) is 10.1. The summed E-state index contributed by atoms with van der Waals surface area (Å²) < 4.78 is 0. The zero-order valence-corrected chi connectivity index (χ0v) is 10.1. The van der Waals surface area contributed by atoms with Gasteiger partial charge in [-0.05, 0) is 32.4 Å². The summed E-state index contributed by atoms with van der Waals surface area (Å²) in [4.78, 5) is 7.63. The Morgan fingerprint density at radius 1 is 0.867 bits per heavy atom. The van der Waals surface area contributed by atoms with Gasteiger partial charge in [0, 0.05) is 45.3 Å². The van der Waals surface area contributed by atoms with Crippen molar-refractivity contribution in [3.05, 3.63) is 0 Å². The zero-order chi connectivity index (χ0) is 10.5. The molecule has 2 aliphatic heterocycles. The van der Waals surface area contributed by atoms with Gasteiger partial charge >= 0.3 is 0 Å². The predicted octanol–water partition coefficient (Wildman–Crippen LogP) is 0.328. The second kappa shape index (κ2) is 3.44. The van der Waals surface area contributed by atoms with E-state index in [1.165, 1.54) is 52.1 Å². The quantitative estimate of drug-likeness (QED) is 0.616. The van der Waals surface area contributed by atoms with E-state index in [1.54, 1.807) is 0 Å². The maximum absolute atomic E-state index is 2.73. The molecule has 0 radical (unpaired) electrons. The molecule has 0 atom stereocenters. The molecular weight excluding hydrogens is 186 g/mol. The van der Waals surface area contributed by atoms with E-state index in [4.69, 9.17) is 0 Å². The van der Waals surface area contributed by atoms with Crippen molar-refractivity contribution in [3.63, 3.8) is 0 Å². The van der Waals surface area contributed by atoms with Crippen molar-refractivity contribution in [1.29, 1.82) is 0 Å². The Bertz CT molecular complexity index is 231. The third-order valence-corrected chi connectivity index (χ3v) is 4.60. The van der Waals surface area contributed by atoms with E-state index < -0.39 is 0 Å². The topological polar surface area (TPSA) is 9.72 Å². The van der Waals surface area contributed by atoms with Crippen LogP contribution in [-0.4, -0.2) is 74.1 Å². The largest absolute Gasteiger partial charge is 0.305 e. The Labute approximate surface area is 93.0 Å². The highest BCUT2D eigenvalue weighted by Gasteiger charge is 2.52. The Kier molecular flexibility index (Phi) is 2.31. The van der Waals surface area contributed by atoms with Gasteiger partial charge in [0.25, 0.3) is 0 Å². The highest BCUT2D eigenvalue weighted by molar-refractivity contribution is 5.07. The van der Waals surface area contributed by atoms with Crippen molar-refractivity contribution < 1.29 is 0 Å². The van der Waals surface area contributed by atoms with E-state index in [0.29, 0.717) is 0 Å². The zero-order valence-electron chi connectivity index (χ0n) is 10.1. The smallest absolute Gasteiger partial charge is 0.0113 e. The van der Waals surface area contributed by atoms with Gasteiger partial charge in [0.1, 0.15) is 0 Å². The minimum absolute atomic E-state index is 0.753. The minimum Gasteiger partial charge on any atom is -0.305 e. The molecule has 2 saturated heterocycles. The highest BCUT2D eigenvalue weighted by atomic mass is 15.3. The van der Waals surface area contributed by atoms with Crippen molar-refractivity contribution in [2.75, 3.05) is 53.4 Å². The van der Waals surface area contributed by atoms with Crippen LogP contribution in [0.15, 0.2) is 0 Å². The minimum atomic E-state index is 0.753. The Morgan fingerprint density at radius 3 is 2.00 bits per heavy atom. The number of hydrogen-bond acceptors (Lipinski definition) is 3. The third kappa shape index (κ3) is 1.71. The fourth-order valence-corrected chi connectivity index (χ4v) is 3.74. The fourth-order valence-electron chi connectivity index (χ4n) is 3.74. The molecule has 2 heterocycles. The van der Waals surface area contributed by atoms with E-state index in [-0.39, 0.29) is 0 Å². The summed E-state index contributed by atoms with van der Waals surface area (Å²) in [6, 6.07) is 0.924. The van der Waals surface area contributed by atoms with Crippen LogP contribution in [0.3, 0.4) is 0 Å². The number of piperazine rings is 1. The summed E-state index contributed by atoms with van der Waals surface area (Å²) in [7, 11) is 4.48. The molecule has 3 nitrogen and oxygen atoms in total. The van der Waals surface area contributed by atoms with E-state index in [1.807, 2.05) is 0 Å². The van der Waals surface area contributed by atoms with Crippen molar-refractivity contribution >= 4 is 0 Å². The van der Waals surface area contributed by atoms with E-state index in [0.717, 1.165) is 11.5 Å². The van der Waals surface area contributed by atoms with Gasteiger partial charge in [-0.3, -0.25) is 4.90 Å². The van der Waals surface area contributed by atoms with E-state index in [2.05, 4.69) is 28.8 Å². The van der Waals surface area contributed by atoms with Crippen molar-refractivity contribution in [2.45, 2.75) is 18.9 Å². The van der Waals surface area contributed by atoms with Gasteiger partial charge in [-0.1, -0.05) is 0 Å². The summed E-state index contributed by atoms with van der Waals surface area (Å²) >= 11 is 0. The van der Waals surface area contributed by atoms with Crippen molar-refractivity contribution in [1.82, 2.24) is 14.7 Å². The molecule has 1 aliphatic carbocycles. The summed E-state index contributed by atoms with van der Waals surface area (Å²) in [5.41, 5.74) is 0.753. The SMILES string of the molecule is CN1CCN(C2CC3(C2)CN(C)C3)CC1. The molecule has 3 heteroatoms. The number of likely N-dealkylation sites (N-methyl/N-ethyl adjacent to an activating group) is 1. The molecule has 1 saturated carbocycles. The van der Waals surface area contributed by atoms with Gasteiger partial charge in [-0.15, -0.1) is 0 Å². The lowest BCUT2D eigenvalue weighted by atomic mass is 9.60. The first-order chi connectivity index (χ1) is 7.17. The van der Waals surface area contributed by atoms with Gasteiger partial charge in [0.2, 0.25) is 0 Å². The molecule has 86 valence electrons. The summed E-state index contributed by atoms with van der Waals surface area (Å²) in [6.07, 6.45) is 2.95. The standard InChI is InChI=1S/C12H23N3/c1-13-3-5-15(6-4-13)11-7-12(8-11)9-14(2)10-12/h11H,3-10H2,1-2H3. The average molecular weight is 209 g/mol. The molecule has 0 aromatic rings. The molecule has 3 rings (SSSR count). The first-order valence-corrected chi connectivity index (χ1v) is 6.28. The predicted molar refractivity (Wildman–Crippen MR) is 62.0 cm³/mol. The van der Waals surface area contributed by atoms with Crippen LogP contribution in [0.1, 0.15) is 12.8 Å². The number of rotatable bonds is 1. The van der Waals surface area contributed by atoms with Crippen molar-refractivity contribution in [3.8, 4) is 0 Å². The normalized spacial score (nSPS) is 34.0. The average Bonchev–Trinajstić information content (AvgIpc) is 2.11. The van der Waals surface area contributed by atoms with Crippen LogP contribution in [0, 0.1) is 5.41 Å². The maximum atomic E-state index is 2.73. The second-order valence-corrected chi connectivity index (χ2v) is 6.07. The van der Waals surface area contributed by atoms with E-state index >= 15 is 0 Å². The Hall–Kier alpha value is -0.120. The number of likely N-dealkylation sites (tertiary alicyclic amines) is 1. The van der Waals surface area contributed by atoms with Crippen molar-refractivity contribution in [2.24, 2.45) is 5.41 Å². The lowest BCUT2D eigenvalue weighted by Gasteiger charge is -2.61. The lowest BCUT2D eigenvalue weighted by molar-refractivity contribution is -0.104. The Morgan fingerprint density at radius 2 is 1.47 bits per heavy atom. The molecule has 0 aromatic carbocycles. The van der Waals surface area contributed by atoms with Gasteiger partial charge < -0.3 is 9.80 Å². The van der Waals surface area contributed by atoms with Gasteiger partial charge in [-0.25, -0.2) is 0 Å². The summed E-state index contributed by atoms with van der Waals surface area (Å²) in [6.45, 7) is 7.85. The molecular formula is C12H23N3. The molecule has 0 N–H and O–H groups in total. The molecule has 1 spiro atoms. The van der Waals surface area contributed by atoms with Crippen LogP contribution in [-0.2, 0) is 0 Å². The van der Waals surface area contributed by atoms with Gasteiger partial charge in [-0.2, -0.15) is 0 Å². The molecule has 3 fully saturated rings. The van der Waals surface area contributed by atoms with Gasteiger partial charge in [0.05, 0.1) is 0 Å². The van der Waals surface area contributed by atoms with Crippen LogP contribution in [0.4, 0.5) is 0 Å². The van der Waals surface area contributed by atoms with Crippen LogP contribution < -0.4 is 0 Å². The third-order valence-electron chi connectivity index (χ3n) is 4.60. The molecule has 0 bridgehead atoms. The molecule has 0 amide bonds. The number of hydrogen-bond donors (Lipinski definition) is 0. The van der Waals surface area contributed by atoms with E-state index in [9.17, 15) is 0 Å². The van der Waals surface area contributed by atoms with Crippen LogP contribution in [0.2, 0.25) is 0 Å². The second-order valence-electron chi connectivity index (χ2n) is 6.07. The van der Waals surface area contributed by atoms with Crippen LogP contribution in [0.5, 0.6) is 0 Å². The molecule has 15 heavy (non-hydrogen) atoms. The summed E-state index contributed by atoms with van der Waals surface area (Å²) in [5, 5.41) is 0. The molecule has 3 aliphatic rings. The lowest BCUT2D eigenvalue weighted by Crippen LogP contribution is -2.66. The first-order valence-electron chi connectivity index (χ1n) is 6.28. The number of nitrogens with zero attached hydrogens (tertiary/aromatic N) is 3. The van der Waals surface area contributed by atoms with Crippen LogP contribution in [0.25, 0.3) is 0 Å². The fraction of sp³-hybridized carbons (Fsp3) is 1.00. The monoisotopic (exact) mass is 209 g/mol. The maximum Gasteiger partial charge on any atom is 0.0113 e. The molecule has 0 unspecified atom stereocenters. The van der Waals surface area contributed by atoms with Crippen LogP contribution >= 0.6 is 0 Å². The van der Waals surface area contributed by atoms with Gasteiger partial charge in [0.15, 0.2) is 0 Å². The highest BCUT2D eigenvalue weighted by Crippen LogP contribution is 2.49. The summed E-state index contributed by atoms with van der Waals surface area (Å²) in [5.74, 6) is 0.